The number of Topliss-reactive ketones (excluding diaryl/α,β-unsaturated/α-hetero) is 1. The first kappa shape index (κ1) is 21.1. The highest BCUT2D eigenvalue weighted by molar-refractivity contribution is 8.00. The summed E-state index contributed by atoms with van der Waals surface area (Å²) in [6, 6.07) is 17.8. The molecule has 0 saturated carbocycles. The predicted molar refractivity (Wildman–Crippen MR) is 120 cm³/mol. The van der Waals surface area contributed by atoms with Crippen molar-refractivity contribution in [1.29, 1.82) is 0 Å². The number of ketones is 1. The third-order valence-electron chi connectivity index (χ3n) is 4.75. The van der Waals surface area contributed by atoms with Crippen LogP contribution in [0, 0.1) is 0 Å². The summed E-state index contributed by atoms with van der Waals surface area (Å²) in [5, 5.41) is 9.16. The van der Waals surface area contributed by atoms with Gasteiger partial charge in [-0.3, -0.25) is 9.36 Å². The topological polar surface area (TPSA) is 47.8 Å². The zero-order chi connectivity index (χ0) is 21.0. The quantitative estimate of drug-likeness (QED) is 0.283. The van der Waals surface area contributed by atoms with Crippen molar-refractivity contribution in [3.63, 3.8) is 0 Å². The molecule has 0 N–H and O–H groups in total. The largest absolute Gasteiger partial charge is 0.298 e. The summed E-state index contributed by atoms with van der Waals surface area (Å²) < 4.78 is 2.00. The van der Waals surface area contributed by atoms with E-state index in [1.54, 1.807) is 0 Å². The molecule has 29 heavy (non-hydrogen) atoms. The van der Waals surface area contributed by atoms with Gasteiger partial charge < -0.3 is 0 Å². The molecule has 0 fully saturated rings. The first-order chi connectivity index (χ1) is 13.8. The van der Waals surface area contributed by atoms with Crippen LogP contribution in [0.5, 0.6) is 0 Å². The van der Waals surface area contributed by atoms with Crippen LogP contribution in [0.2, 0.25) is 0 Å². The fourth-order valence-electron chi connectivity index (χ4n) is 3.05. The Hall–Kier alpha value is -2.66. The van der Waals surface area contributed by atoms with Crippen LogP contribution >= 0.6 is 11.8 Å². The van der Waals surface area contributed by atoms with Crippen LogP contribution in [0.4, 0.5) is 0 Å². The minimum atomic E-state index is -0.271. The second-order valence-corrected chi connectivity index (χ2v) is 9.33. The van der Waals surface area contributed by atoms with Gasteiger partial charge in [0.1, 0.15) is 0 Å². The van der Waals surface area contributed by atoms with Gasteiger partial charge in [-0.25, -0.2) is 0 Å². The lowest BCUT2D eigenvalue weighted by molar-refractivity contribution is 0.0994. The molecule has 0 aliphatic carbocycles. The lowest BCUT2D eigenvalue weighted by Gasteiger charge is -2.19. The molecule has 0 spiro atoms. The summed E-state index contributed by atoms with van der Waals surface area (Å²) in [7, 11) is 0. The molecule has 1 heterocycles. The Morgan fingerprint density at radius 2 is 1.76 bits per heavy atom. The molecular weight excluding hydrogens is 378 g/mol. The number of rotatable bonds is 7. The van der Waals surface area contributed by atoms with Crippen molar-refractivity contribution in [1.82, 2.24) is 14.8 Å². The molecule has 0 unspecified atom stereocenters. The highest BCUT2D eigenvalue weighted by Gasteiger charge is 2.22. The van der Waals surface area contributed by atoms with Gasteiger partial charge in [-0.05, 0) is 17.9 Å². The Morgan fingerprint density at radius 3 is 2.34 bits per heavy atom. The molecule has 4 nitrogen and oxygen atoms in total. The normalized spacial score (nSPS) is 12.6. The molecular formula is C24H27N3OS. The van der Waals surface area contributed by atoms with E-state index < -0.39 is 0 Å². The first-order valence-corrected chi connectivity index (χ1v) is 10.6. The van der Waals surface area contributed by atoms with Gasteiger partial charge in [0.25, 0.3) is 0 Å². The zero-order valence-corrected chi connectivity index (χ0v) is 18.2. The summed E-state index contributed by atoms with van der Waals surface area (Å²) in [6.07, 6.45) is 1.82. The van der Waals surface area contributed by atoms with Crippen LogP contribution in [0.15, 0.2) is 72.4 Å². The number of hydrogen-bond acceptors (Lipinski definition) is 4. The summed E-state index contributed by atoms with van der Waals surface area (Å²) in [6.45, 7) is 12.8. The highest BCUT2D eigenvalue weighted by atomic mass is 32.2. The van der Waals surface area contributed by atoms with Crippen LogP contribution in [0.1, 0.15) is 43.6 Å². The third kappa shape index (κ3) is 4.85. The number of carbonyl (C=O) groups excluding carboxylic acids is 1. The summed E-state index contributed by atoms with van der Waals surface area (Å²) in [4.78, 5) is 13.0. The van der Waals surface area contributed by atoms with Gasteiger partial charge in [-0.15, -0.1) is 16.8 Å². The second-order valence-electron chi connectivity index (χ2n) is 8.02. The van der Waals surface area contributed by atoms with E-state index in [9.17, 15) is 4.79 Å². The molecule has 1 aromatic heterocycles. The first-order valence-electron chi connectivity index (χ1n) is 9.72. The molecule has 150 valence electrons. The van der Waals surface area contributed by atoms with Crippen LogP contribution in [0.25, 0.3) is 11.4 Å². The minimum absolute atomic E-state index is 0.0664. The molecule has 3 rings (SSSR count). The van der Waals surface area contributed by atoms with Gasteiger partial charge in [-0.2, -0.15) is 0 Å². The van der Waals surface area contributed by atoms with Crippen molar-refractivity contribution in [3.05, 3.63) is 78.4 Å². The molecule has 0 bridgehead atoms. The Kier molecular flexibility index (Phi) is 6.38. The molecule has 0 radical (unpaired) electrons. The van der Waals surface area contributed by atoms with E-state index in [1.807, 2.05) is 72.2 Å². The molecule has 0 saturated heterocycles. The molecule has 3 aromatic rings. The van der Waals surface area contributed by atoms with Crippen LogP contribution in [-0.2, 0) is 12.0 Å². The SMILES string of the molecule is C=CCn1c(S[C@H](C)C(=O)c2ccc(C(C)(C)C)cc2)nnc1-c1ccccc1. The number of benzene rings is 2. The van der Waals surface area contributed by atoms with E-state index in [2.05, 4.69) is 37.5 Å². The van der Waals surface area contributed by atoms with Crippen LogP contribution in [-0.4, -0.2) is 25.8 Å². The molecule has 2 aromatic carbocycles. The molecule has 5 heteroatoms. The van der Waals surface area contributed by atoms with Crippen molar-refractivity contribution >= 4 is 17.5 Å². The molecule has 0 aliphatic rings. The molecule has 0 aliphatic heterocycles. The van der Waals surface area contributed by atoms with E-state index in [0.717, 1.165) is 22.1 Å². The number of aromatic nitrogens is 3. The van der Waals surface area contributed by atoms with Gasteiger partial charge in [0.05, 0.1) is 5.25 Å². The smallest absolute Gasteiger partial charge is 0.192 e. The Bertz CT molecular complexity index is 985. The Morgan fingerprint density at radius 1 is 1.10 bits per heavy atom. The predicted octanol–water partition coefficient (Wildman–Crippen LogP) is 5.79. The van der Waals surface area contributed by atoms with Crippen molar-refractivity contribution in [2.24, 2.45) is 0 Å². The van der Waals surface area contributed by atoms with Crippen molar-refractivity contribution < 1.29 is 4.79 Å². The molecule has 1 atom stereocenters. The van der Waals surface area contributed by atoms with E-state index in [0.29, 0.717) is 6.54 Å². The number of carbonyl (C=O) groups is 1. The Balaban J connectivity index is 1.81. The summed E-state index contributed by atoms with van der Waals surface area (Å²) in [5.74, 6) is 0.868. The van der Waals surface area contributed by atoms with E-state index in [-0.39, 0.29) is 16.4 Å². The van der Waals surface area contributed by atoms with Crippen molar-refractivity contribution in [3.8, 4) is 11.4 Å². The van der Waals surface area contributed by atoms with Gasteiger partial charge >= 0.3 is 0 Å². The summed E-state index contributed by atoms with van der Waals surface area (Å²) in [5.41, 5.74) is 2.99. The van der Waals surface area contributed by atoms with Gasteiger partial charge in [-0.1, -0.05) is 93.2 Å². The van der Waals surface area contributed by atoms with Gasteiger partial charge in [0.2, 0.25) is 0 Å². The number of allylic oxidation sites excluding steroid dienone is 1. The van der Waals surface area contributed by atoms with E-state index in [4.69, 9.17) is 0 Å². The van der Waals surface area contributed by atoms with Crippen molar-refractivity contribution in [2.45, 2.75) is 50.1 Å². The van der Waals surface area contributed by atoms with E-state index >= 15 is 0 Å². The van der Waals surface area contributed by atoms with Crippen molar-refractivity contribution in [2.75, 3.05) is 0 Å². The van der Waals surface area contributed by atoms with Gasteiger partial charge in [0, 0.05) is 17.7 Å². The number of hydrogen-bond donors (Lipinski definition) is 0. The number of nitrogens with zero attached hydrogens (tertiary/aromatic N) is 3. The molecule has 0 amide bonds. The second kappa shape index (κ2) is 8.78. The number of thioether (sulfide) groups is 1. The Labute approximate surface area is 177 Å². The maximum atomic E-state index is 13.0. The average molecular weight is 406 g/mol. The zero-order valence-electron chi connectivity index (χ0n) is 17.4. The standard InChI is InChI=1S/C24H27N3OS/c1-6-16-27-22(19-10-8-7-9-11-19)25-26-23(27)29-17(2)21(28)18-12-14-20(15-13-18)24(3,4)5/h6-15,17H,1,16H2,2-5H3/t17-/m1/s1. The van der Waals surface area contributed by atoms with E-state index in [1.165, 1.54) is 17.3 Å². The maximum Gasteiger partial charge on any atom is 0.192 e. The lowest BCUT2D eigenvalue weighted by Crippen LogP contribution is -2.16. The lowest BCUT2D eigenvalue weighted by atomic mass is 9.86. The fraction of sp³-hybridized carbons (Fsp3) is 0.292. The monoisotopic (exact) mass is 405 g/mol. The summed E-state index contributed by atoms with van der Waals surface area (Å²) >= 11 is 1.43. The fourth-order valence-corrected chi connectivity index (χ4v) is 3.99. The third-order valence-corrected chi connectivity index (χ3v) is 5.83. The van der Waals surface area contributed by atoms with Crippen LogP contribution < -0.4 is 0 Å². The maximum absolute atomic E-state index is 13.0. The minimum Gasteiger partial charge on any atom is -0.298 e. The van der Waals surface area contributed by atoms with Gasteiger partial charge in [0.15, 0.2) is 16.8 Å². The highest BCUT2D eigenvalue weighted by Crippen LogP contribution is 2.29. The average Bonchev–Trinajstić information content (AvgIpc) is 3.10. The van der Waals surface area contributed by atoms with Crippen LogP contribution in [0.3, 0.4) is 0 Å².